The number of hydrogen-bond acceptors (Lipinski definition) is 9. The van der Waals surface area contributed by atoms with Crippen molar-refractivity contribution < 1.29 is 4.79 Å². The van der Waals surface area contributed by atoms with Gasteiger partial charge in [-0.2, -0.15) is 15.1 Å². The lowest BCUT2D eigenvalue weighted by Crippen LogP contribution is -2.10. The first-order valence-corrected chi connectivity index (χ1v) is 7.01. The van der Waals surface area contributed by atoms with Gasteiger partial charge < -0.3 is 22.9 Å². The number of aromatic nitrogens is 4. The maximum absolute atomic E-state index is 11.6. The van der Waals surface area contributed by atoms with Crippen LogP contribution in [0.15, 0.2) is 46.8 Å². The van der Waals surface area contributed by atoms with E-state index >= 15 is 0 Å². The van der Waals surface area contributed by atoms with E-state index < -0.39 is 5.91 Å². The quantitative estimate of drug-likeness (QED) is 0.508. The maximum Gasteiger partial charge on any atom is 0.254 e. The Hall–Kier alpha value is -4.02. The van der Waals surface area contributed by atoms with Gasteiger partial charge in [0.2, 0.25) is 5.95 Å². The number of rotatable bonds is 4. The van der Waals surface area contributed by atoms with Gasteiger partial charge >= 0.3 is 0 Å². The minimum atomic E-state index is -0.703. The van der Waals surface area contributed by atoms with Crippen LogP contribution in [0, 0.1) is 0 Å². The summed E-state index contributed by atoms with van der Waals surface area (Å²) in [5, 5.41) is 12.1. The molecule has 8 N–H and O–H groups in total. The van der Waals surface area contributed by atoms with E-state index in [0.29, 0.717) is 5.69 Å². The number of nitrogens with zero attached hydrogens (tertiary/aromatic N) is 6. The zero-order valence-electron chi connectivity index (χ0n) is 12.9. The number of nitrogen functional groups attached to an aromatic ring is 3. The molecule has 0 spiro atoms. The van der Waals surface area contributed by atoms with Gasteiger partial charge in [0.15, 0.2) is 23.1 Å². The number of carbonyl (C=O) groups excluding carboxylic acids is 1. The number of nitrogens with two attached hydrogens (primary N) is 4. The Morgan fingerprint density at radius 1 is 1.00 bits per heavy atom. The van der Waals surface area contributed by atoms with Gasteiger partial charge in [0.25, 0.3) is 5.91 Å². The molecule has 0 unspecified atom stereocenters. The van der Waals surface area contributed by atoms with Crippen LogP contribution in [0.5, 0.6) is 0 Å². The number of carbonyl (C=O) groups is 1. The van der Waals surface area contributed by atoms with Crippen LogP contribution >= 0.6 is 0 Å². The van der Waals surface area contributed by atoms with Crippen molar-refractivity contribution in [3.05, 3.63) is 42.1 Å². The third-order valence-electron chi connectivity index (χ3n) is 3.21. The minimum absolute atomic E-state index is 0.0328. The molecule has 11 heteroatoms. The predicted octanol–water partition coefficient (Wildman–Crippen LogP) is 0.923. The lowest BCUT2D eigenvalue weighted by atomic mass is 10.3. The molecule has 0 aliphatic rings. The number of anilines is 3. The first-order chi connectivity index (χ1) is 12.0. The van der Waals surface area contributed by atoms with Crippen molar-refractivity contribution in [2.75, 3.05) is 17.2 Å². The predicted molar refractivity (Wildman–Crippen MR) is 91.5 cm³/mol. The lowest BCUT2D eigenvalue weighted by Gasteiger charge is -2.05. The minimum Gasteiger partial charge on any atom is -0.382 e. The van der Waals surface area contributed by atoms with Crippen molar-refractivity contribution in [3.63, 3.8) is 0 Å². The number of hydrogen-bond donors (Lipinski definition) is 4. The molecule has 0 radical (unpaired) electrons. The number of benzene rings is 1. The van der Waals surface area contributed by atoms with Crippen LogP contribution in [0.3, 0.4) is 0 Å². The van der Waals surface area contributed by atoms with E-state index in [1.54, 1.807) is 12.1 Å². The molecule has 3 rings (SSSR count). The molecule has 1 aromatic carbocycles. The van der Waals surface area contributed by atoms with Gasteiger partial charge in [0, 0.05) is 0 Å². The first-order valence-electron chi connectivity index (χ1n) is 7.01. The Kier molecular flexibility index (Phi) is 3.95. The summed E-state index contributed by atoms with van der Waals surface area (Å²) < 4.78 is 1.41. The molecule has 2 aromatic heterocycles. The van der Waals surface area contributed by atoms with Gasteiger partial charge in [0.05, 0.1) is 11.9 Å². The summed E-state index contributed by atoms with van der Waals surface area (Å²) in [6.45, 7) is 0. The lowest BCUT2D eigenvalue weighted by molar-refractivity contribution is 0.100. The van der Waals surface area contributed by atoms with E-state index in [9.17, 15) is 4.79 Å². The molecule has 0 aliphatic heterocycles. The van der Waals surface area contributed by atoms with Crippen molar-refractivity contribution >= 4 is 35.0 Å². The van der Waals surface area contributed by atoms with Crippen molar-refractivity contribution in [3.8, 4) is 5.69 Å². The Balaban J connectivity index is 2.11. The first kappa shape index (κ1) is 15.9. The van der Waals surface area contributed by atoms with Crippen LogP contribution in [0.25, 0.3) is 5.69 Å². The summed E-state index contributed by atoms with van der Waals surface area (Å²) in [5.74, 6) is -0.749. The highest BCUT2D eigenvalue weighted by Gasteiger charge is 2.17. The molecular formula is C14H14N10O. The van der Waals surface area contributed by atoms with E-state index in [2.05, 4.69) is 25.3 Å². The SMILES string of the molecule is NC(=O)c1cnn(-c2ccccc2)c1N=Nc1c(N)nc(N)nc1N. The molecule has 25 heavy (non-hydrogen) atoms. The molecule has 0 aliphatic carbocycles. The maximum atomic E-state index is 11.6. The normalized spacial score (nSPS) is 11.0. The topological polar surface area (TPSA) is 189 Å². The highest BCUT2D eigenvalue weighted by atomic mass is 16.1. The van der Waals surface area contributed by atoms with E-state index in [4.69, 9.17) is 22.9 Å². The average Bonchev–Trinajstić information content (AvgIpc) is 2.99. The van der Waals surface area contributed by atoms with Gasteiger partial charge in [-0.15, -0.1) is 10.2 Å². The highest BCUT2D eigenvalue weighted by Crippen LogP contribution is 2.30. The van der Waals surface area contributed by atoms with Crippen molar-refractivity contribution in [2.45, 2.75) is 0 Å². The fourth-order valence-electron chi connectivity index (χ4n) is 2.08. The fraction of sp³-hybridized carbons (Fsp3) is 0. The summed E-state index contributed by atoms with van der Waals surface area (Å²) in [6.07, 6.45) is 1.30. The van der Waals surface area contributed by atoms with Gasteiger partial charge in [0.1, 0.15) is 5.56 Å². The number of primary amides is 1. The molecule has 0 fully saturated rings. The largest absolute Gasteiger partial charge is 0.382 e. The monoisotopic (exact) mass is 338 g/mol. The summed E-state index contributed by atoms with van der Waals surface area (Å²) >= 11 is 0. The number of azo groups is 1. The molecule has 11 nitrogen and oxygen atoms in total. The smallest absolute Gasteiger partial charge is 0.254 e. The van der Waals surface area contributed by atoms with E-state index in [-0.39, 0.29) is 34.7 Å². The Morgan fingerprint density at radius 3 is 2.24 bits per heavy atom. The summed E-state index contributed by atoms with van der Waals surface area (Å²) in [5.41, 5.74) is 23.1. The van der Waals surface area contributed by atoms with Crippen molar-refractivity contribution in [1.29, 1.82) is 0 Å². The highest BCUT2D eigenvalue weighted by molar-refractivity contribution is 5.97. The Bertz CT molecular complexity index is 940. The van der Waals surface area contributed by atoms with Gasteiger partial charge in [-0.05, 0) is 12.1 Å². The second-order valence-corrected chi connectivity index (χ2v) is 4.89. The fourth-order valence-corrected chi connectivity index (χ4v) is 2.08. The molecule has 126 valence electrons. The third kappa shape index (κ3) is 3.06. The number of para-hydroxylation sites is 1. The Morgan fingerprint density at radius 2 is 1.64 bits per heavy atom. The summed E-state index contributed by atoms with van der Waals surface area (Å²) in [6, 6.07) is 9.03. The van der Waals surface area contributed by atoms with Gasteiger partial charge in [-0.3, -0.25) is 4.79 Å². The summed E-state index contributed by atoms with van der Waals surface area (Å²) in [7, 11) is 0. The average molecular weight is 338 g/mol. The van der Waals surface area contributed by atoms with Gasteiger partial charge in [-0.1, -0.05) is 18.2 Å². The second-order valence-electron chi connectivity index (χ2n) is 4.89. The molecule has 0 saturated carbocycles. The second kappa shape index (κ2) is 6.23. The van der Waals surface area contributed by atoms with Crippen LogP contribution in [0.1, 0.15) is 10.4 Å². The molecule has 0 bridgehead atoms. The van der Waals surface area contributed by atoms with E-state index in [1.165, 1.54) is 10.9 Å². The number of amides is 1. The molecule has 2 heterocycles. The van der Waals surface area contributed by atoms with Crippen LogP contribution < -0.4 is 22.9 Å². The summed E-state index contributed by atoms with van der Waals surface area (Å²) in [4.78, 5) is 19.2. The standard InChI is InChI=1S/C14H14N10O/c15-10-9(11(16)21-14(18)20-10)22-23-13-8(12(17)25)6-19-24(13)7-4-2-1-3-5-7/h1-6H,(H2,17,25)(H6,15,16,18,20,21). The molecule has 3 aromatic rings. The zero-order valence-corrected chi connectivity index (χ0v) is 12.9. The van der Waals surface area contributed by atoms with Crippen LogP contribution in [-0.2, 0) is 0 Å². The van der Waals surface area contributed by atoms with Crippen molar-refractivity contribution in [2.24, 2.45) is 16.0 Å². The van der Waals surface area contributed by atoms with E-state index in [1.807, 2.05) is 18.2 Å². The van der Waals surface area contributed by atoms with Crippen LogP contribution in [0.4, 0.5) is 29.1 Å². The zero-order chi connectivity index (χ0) is 18.0. The molecular weight excluding hydrogens is 324 g/mol. The molecule has 0 atom stereocenters. The van der Waals surface area contributed by atoms with E-state index in [0.717, 1.165) is 0 Å². The third-order valence-corrected chi connectivity index (χ3v) is 3.21. The van der Waals surface area contributed by atoms with Crippen LogP contribution in [-0.4, -0.2) is 25.7 Å². The van der Waals surface area contributed by atoms with Crippen molar-refractivity contribution in [1.82, 2.24) is 19.7 Å². The van der Waals surface area contributed by atoms with Crippen LogP contribution in [0.2, 0.25) is 0 Å². The van der Waals surface area contributed by atoms with Gasteiger partial charge in [-0.25, -0.2) is 4.68 Å². The molecule has 0 saturated heterocycles. The Labute approximate surface area is 141 Å². The molecule has 1 amide bonds.